The zero-order chi connectivity index (χ0) is 32.9. The molecule has 2 aromatic heterocycles. The SMILES string of the molecule is COc1ccc2cc1OCCCN(C(=O)c1c3c(nn1C)CCCC3)CC(=O)N[C@H](Cc1ccccc1)C(=O)NCc1nc-2oc1C. The molecule has 246 valence electrons. The van der Waals surface area contributed by atoms with E-state index in [2.05, 4.69) is 20.7 Å². The number of methoxy groups -OCH3 is 1. The molecule has 47 heavy (non-hydrogen) atoms. The highest BCUT2D eigenvalue weighted by Gasteiger charge is 2.30. The zero-order valence-corrected chi connectivity index (χ0v) is 27.0. The molecule has 1 aliphatic heterocycles. The maximum absolute atomic E-state index is 14.1. The van der Waals surface area contributed by atoms with E-state index in [-0.39, 0.29) is 44.5 Å². The monoisotopic (exact) mass is 640 g/mol. The van der Waals surface area contributed by atoms with Crippen molar-refractivity contribution in [1.29, 1.82) is 0 Å². The summed E-state index contributed by atoms with van der Waals surface area (Å²) < 4.78 is 19.3. The summed E-state index contributed by atoms with van der Waals surface area (Å²) in [6, 6.07) is 14.0. The third kappa shape index (κ3) is 7.16. The van der Waals surface area contributed by atoms with E-state index in [0.717, 1.165) is 42.5 Å². The maximum atomic E-state index is 14.1. The summed E-state index contributed by atoms with van der Waals surface area (Å²) in [7, 11) is 3.34. The Morgan fingerprint density at radius 3 is 2.68 bits per heavy atom. The molecule has 0 unspecified atom stereocenters. The van der Waals surface area contributed by atoms with Crippen molar-refractivity contribution < 1.29 is 28.3 Å². The fourth-order valence-corrected chi connectivity index (χ4v) is 6.19. The van der Waals surface area contributed by atoms with Crippen LogP contribution in [0.15, 0.2) is 52.9 Å². The number of fused-ring (bicyclic) bond motifs is 6. The van der Waals surface area contributed by atoms with Crippen LogP contribution in [0.2, 0.25) is 0 Å². The van der Waals surface area contributed by atoms with Crippen LogP contribution < -0.4 is 20.1 Å². The molecule has 1 aliphatic carbocycles. The molecule has 6 rings (SSSR count). The van der Waals surface area contributed by atoms with E-state index in [1.54, 1.807) is 37.9 Å². The Labute approximate surface area is 273 Å². The lowest BCUT2D eigenvalue weighted by Gasteiger charge is -2.25. The predicted molar refractivity (Wildman–Crippen MR) is 173 cm³/mol. The number of carbonyl (C=O) groups is 3. The average Bonchev–Trinajstić information content (AvgIpc) is 3.62. The summed E-state index contributed by atoms with van der Waals surface area (Å²) in [5.74, 6) is 0.893. The van der Waals surface area contributed by atoms with Gasteiger partial charge in [-0.05, 0) is 62.8 Å². The molecule has 0 radical (unpaired) electrons. The van der Waals surface area contributed by atoms with Crippen molar-refractivity contribution in [3.05, 3.63) is 82.5 Å². The number of rotatable bonds is 4. The highest BCUT2D eigenvalue weighted by atomic mass is 16.5. The predicted octanol–water partition coefficient (Wildman–Crippen LogP) is 3.54. The minimum atomic E-state index is -0.885. The second kappa shape index (κ2) is 14.1. The number of amides is 3. The summed E-state index contributed by atoms with van der Waals surface area (Å²) in [6.07, 6.45) is 4.32. The van der Waals surface area contributed by atoms with Crippen molar-refractivity contribution >= 4 is 17.7 Å². The highest BCUT2D eigenvalue weighted by molar-refractivity contribution is 5.97. The Morgan fingerprint density at radius 1 is 1.06 bits per heavy atom. The normalized spacial score (nSPS) is 17.4. The fraction of sp³-hybridized carbons (Fsp3) is 0.400. The molecule has 0 saturated carbocycles. The van der Waals surface area contributed by atoms with Crippen molar-refractivity contribution in [2.75, 3.05) is 26.8 Å². The molecule has 12 heteroatoms. The van der Waals surface area contributed by atoms with Crippen LogP contribution in [-0.4, -0.2) is 70.2 Å². The van der Waals surface area contributed by atoms with Crippen molar-refractivity contribution in [1.82, 2.24) is 30.3 Å². The average molecular weight is 641 g/mol. The Balaban J connectivity index is 1.32. The minimum Gasteiger partial charge on any atom is -0.493 e. The summed E-state index contributed by atoms with van der Waals surface area (Å²) in [5.41, 5.74) is 4.53. The lowest BCUT2D eigenvalue weighted by Crippen LogP contribution is -2.51. The van der Waals surface area contributed by atoms with Crippen LogP contribution in [0, 0.1) is 6.92 Å². The molecule has 2 aliphatic rings. The van der Waals surface area contributed by atoms with E-state index in [1.165, 1.54) is 4.90 Å². The maximum Gasteiger partial charge on any atom is 0.272 e. The number of aryl methyl sites for hydroxylation is 3. The number of nitrogens with one attached hydrogen (secondary N) is 2. The number of hydrogen-bond acceptors (Lipinski definition) is 8. The second-order valence-corrected chi connectivity index (χ2v) is 11.9. The molecular weight excluding hydrogens is 600 g/mol. The summed E-state index contributed by atoms with van der Waals surface area (Å²) in [4.78, 5) is 47.5. The van der Waals surface area contributed by atoms with E-state index in [4.69, 9.17) is 13.9 Å². The molecule has 2 aromatic carbocycles. The number of hydrogen-bond donors (Lipinski definition) is 2. The van der Waals surface area contributed by atoms with Gasteiger partial charge in [0.25, 0.3) is 5.91 Å². The molecule has 0 fully saturated rings. The van der Waals surface area contributed by atoms with Gasteiger partial charge in [-0.2, -0.15) is 5.10 Å². The topological polar surface area (TPSA) is 141 Å². The molecule has 1 atom stereocenters. The van der Waals surface area contributed by atoms with Crippen molar-refractivity contribution in [3.63, 3.8) is 0 Å². The van der Waals surface area contributed by atoms with Gasteiger partial charge in [-0.25, -0.2) is 4.98 Å². The summed E-state index contributed by atoms with van der Waals surface area (Å²) >= 11 is 0. The van der Waals surface area contributed by atoms with E-state index < -0.39 is 11.9 Å². The molecular formula is C35H40N6O6. The molecule has 4 bridgehead atoms. The largest absolute Gasteiger partial charge is 0.493 e. The lowest BCUT2D eigenvalue weighted by atomic mass is 9.95. The first-order valence-electron chi connectivity index (χ1n) is 16.0. The Morgan fingerprint density at radius 2 is 1.87 bits per heavy atom. The van der Waals surface area contributed by atoms with Gasteiger partial charge in [-0.1, -0.05) is 30.3 Å². The Bertz CT molecular complexity index is 1760. The van der Waals surface area contributed by atoms with Gasteiger partial charge >= 0.3 is 0 Å². The quantitative estimate of drug-likeness (QED) is 0.345. The third-order valence-electron chi connectivity index (χ3n) is 8.64. The van der Waals surface area contributed by atoms with Crippen LogP contribution in [0.5, 0.6) is 11.5 Å². The van der Waals surface area contributed by atoms with E-state index in [0.29, 0.717) is 46.5 Å². The van der Waals surface area contributed by atoms with Crippen LogP contribution in [0.25, 0.3) is 11.5 Å². The Hall–Kier alpha value is -5.13. The van der Waals surface area contributed by atoms with Gasteiger partial charge in [-0.3, -0.25) is 19.1 Å². The molecule has 12 nitrogen and oxygen atoms in total. The first-order chi connectivity index (χ1) is 22.8. The fourth-order valence-electron chi connectivity index (χ4n) is 6.19. The highest BCUT2D eigenvalue weighted by Crippen LogP contribution is 2.33. The van der Waals surface area contributed by atoms with Gasteiger partial charge in [0.15, 0.2) is 11.5 Å². The number of ether oxygens (including phenoxy) is 2. The molecule has 0 spiro atoms. The number of aromatic nitrogens is 3. The van der Waals surface area contributed by atoms with Gasteiger partial charge in [0.2, 0.25) is 17.7 Å². The third-order valence-corrected chi connectivity index (χ3v) is 8.64. The molecule has 2 N–H and O–H groups in total. The number of oxazole rings is 1. The number of carbonyl (C=O) groups excluding carboxylic acids is 3. The smallest absolute Gasteiger partial charge is 0.272 e. The van der Waals surface area contributed by atoms with Crippen LogP contribution in [-0.2, 0) is 42.4 Å². The Kier molecular flexibility index (Phi) is 9.55. The number of nitrogens with zero attached hydrogens (tertiary/aromatic N) is 4. The van der Waals surface area contributed by atoms with Gasteiger partial charge < -0.3 is 29.4 Å². The lowest BCUT2D eigenvalue weighted by molar-refractivity contribution is -0.129. The van der Waals surface area contributed by atoms with E-state index >= 15 is 0 Å². The van der Waals surface area contributed by atoms with Gasteiger partial charge in [0.1, 0.15) is 23.2 Å². The van der Waals surface area contributed by atoms with Crippen molar-refractivity contribution in [3.8, 4) is 23.0 Å². The van der Waals surface area contributed by atoms with Crippen molar-refractivity contribution in [2.24, 2.45) is 7.05 Å². The first kappa shape index (κ1) is 31.8. The molecule has 0 saturated heterocycles. The number of benzene rings is 2. The molecule has 4 aromatic rings. The van der Waals surface area contributed by atoms with Crippen LogP contribution in [0.3, 0.4) is 0 Å². The standard InChI is InChI=1S/C35H40N6O6/c1-22-28-20-36-33(43)27(18-23-10-5-4-6-11-23)37-31(42)21-41(35(44)32-25-12-7-8-13-26(25)39-40(32)2)16-9-17-46-30-19-24(34(38-28)47-22)14-15-29(30)45-3/h4-6,10-11,14-15,19,27H,7-9,12-13,16-18,20-21H2,1-3H3,(H,36,43)(H,37,42)/t27-/m1/s1. The van der Waals surface area contributed by atoms with Crippen LogP contribution in [0.4, 0.5) is 0 Å². The van der Waals surface area contributed by atoms with Crippen LogP contribution in [0.1, 0.15) is 58.0 Å². The zero-order valence-electron chi connectivity index (χ0n) is 27.0. The minimum absolute atomic E-state index is 0.102. The van der Waals surface area contributed by atoms with E-state index in [9.17, 15) is 14.4 Å². The van der Waals surface area contributed by atoms with Crippen molar-refractivity contribution in [2.45, 2.75) is 58.0 Å². The second-order valence-electron chi connectivity index (χ2n) is 11.9. The van der Waals surface area contributed by atoms with Crippen LogP contribution >= 0.6 is 0 Å². The first-order valence-corrected chi connectivity index (χ1v) is 16.0. The summed E-state index contributed by atoms with van der Waals surface area (Å²) in [5, 5.41) is 10.5. The van der Waals surface area contributed by atoms with Gasteiger partial charge in [0.05, 0.1) is 32.5 Å². The van der Waals surface area contributed by atoms with Gasteiger partial charge in [0, 0.05) is 31.1 Å². The summed E-state index contributed by atoms with van der Waals surface area (Å²) in [6.45, 7) is 2.15. The molecule has 3 amide bonds. The van der Waals surface area contributed by atoms with E-state index in [1.807, 2.05) is 36.4 Å². The van der Waals surface area contributed by atoms with Gasteiger partial charge in [-0.15, -0.1) is 0 Å². The molecule has 3 heterocycles.